The Morgan fingerprint density at radius 3 is 2.67 bits per heavy atom. The quantitative estimate of drug-likeness (QED) is 0.434. The highest BCUT2D eigenvalue weighted by Gasteiger charge is 2.17. The van der Waals surface area contributed by atoms with E-state index in [0.29, 0.717) is 10.6 Å². The van der Waals surface area contributed by atoms with Gasteiger partial charge in [-0.05, 0) is 44.2 Å². The zero-order chi connectivity index (χ0) is 18.8. The smallest absolute Gasteiger partial charge is 0.266 e. The molecule has 0 saturated carbocycles. The van der Waals surface area contributed by atoms with Crippen molar-refractivity contribution in [2.45, 2.75) is 13.8 Å². The van der Waals surface area contributed by atoms with Gasteiger partial charge in [0.1, 0.15) is 4.83 Å². The number of hydrogen-bond donors (Lipinski definition) is 1. The summed E-state index contributed by atoms with van der Waals surface area (Å²) in [5.74, 6) is -0.245. The van der Waals surface area contributed by atoms with Gasteiger partial charge in [0, 0.05) is 11.6 Å². The van der Waals surface area contributed by atoms with E-state index < -0.39 is 0 Å². The number of carbonyl (C=O) groups is 1. The molecule has 1 amide bonds. The van der Waals surface area contributed by atoms with Crippen LogP contribution in [0, 0.1) is 6.92 Å². The summed E-state index contributed by atoms with van der Waals surface area (Å²) in [5, 5.41) is 9.73. The van der Waals surface area contributed by atoms with E-state index in [9.17, 15) is 4.79 Å². The van der Waals surface area contributed by atoms with Crippen LogP contribution in [0.3, 0.4) is 0 Å². The predicted molar refractivity (Wildman–Crippen MR) is 108 cm³/mol. The maximum atomic E-state index is 12.5. The van der Waals surface area contributed by atoms with Gasteiger partial charge in [-0.3, -0.25) is 9.78 Å². The van der Waals surface area contributed by atoms with Gasteiger partial charge in [-0.2, -0.15) is 10.2 Å². The van der Waals surface area contributed by atoms with Gasteiger partial charge in [-0.1, -0.05) is 24.3 Å². The molecule has 0 fully saturated rings. The van der Waals surface area contributed by atoms with Crippen LogP contribution >= 0.6 is 11.3 Å². The molecule has 1 N–H and O–H groups in total. The molecule has 3 aromatic heterocycles. The number of benzene rings is 1. The van der Waals surface area contributed by atoms with Crippen LogP contribution in [0.2, 0.25) is 0 Å². The Bertz CT molecular complexity index is 1130. The Balaban J connectivity index is 1.62. The number of thiophene rings is 1. The number of hydrogen-bond acceptors (Lipinski definition) is 5. The Morgan fingerprint density at radius 1 is 1.15 bits per heavy atom. The molecule has 27 heavy (non-hydrogen) atoms. The van der Waals surface area contributed by atoms with Gasteiger partial charge in [0.15, 0.2) is 0 Å². The van der Waals surface area contributed by atoms with Crippen molar-refractivity contribution >= 4 is 33.2 Å². The van der Waals surface area contributed by atoms with Crippen molar-refractivity contribution in [3.05, 3.63) is 77.1 Å². The van der Waals surface area contributed by atoms with Gasteiger partial charge in [0.2, 0.25) is 0 Å². The first-order valence-electron chi connectivity index (χ1n) is 8.44. The van der Waals surface area contributed by atoms with Crippen molar-refractivity contribution in [2.75, 3.05) is 0 Å². The first-order valence-corrected chi connectivity index (χ1v) is 9.26. The molecule has 0 aliphatic rings. The third-order valence-electron chi connectivity index (χ3n) is 4.13. The maximum absolute atomic E-state index is 12.5. The second kappa shape index (κ2) is 7.13. The number of aromatic nitrogens is 3. The molecule has 6 nitrogen and oxygen atoms in total. The van der Waals surface area contributed by atoms with E-state index in [1.165, 1.54) is 11.3 Å². The number of nitrogens with one attached hydrogen (secondary N) is 1. The second-order valence-corrected chi connectivity index (χ2v) is 7.05. The molecule has 4 aromatic rings. The molecule has 4 rings (SSSR count). The SMILES string of the molecule is C/C(=N/NC(=O)c1cc2c(C)nn(-c3ccccc3)c2s1)c1ccccn1. The third kappa shape index (κ3) is 3.37. The third-order valence-corrected chi connectivity index (χ3v) is 5.24. The number of hydrazone groups is 1. The molecule has 0 aliphatic carbocycles. The van der Waals surface area contributed by atoms with Crippen molar-refractivity contribution in [2.24, 2.45) is 5.10 Å². The number of nitrogens with zero attached hydrogens (tertiary/aromatic N) is 4. The first kappa shape index (κ1) is 17.1. The Labute approximate surface area is 160 Å². The predicted octanol–water partition coefficient (Wildman–Crippen LogP) is 3.94. The number of fused-ring (bicyclic) bond motifs is 1. The van der Waals surface area contributed by atoms with Crippen molar-refractivity contribution in [3.8, 4) is 5.69 Å². The first-order chi connectivity index (χ1) is 13.1. The van der Waals surface area contributed by atoms with E-state index in [1.807, 2.05) is 73.1 Å². The topological polar surface area (TPSA) is 72.2 Å². The fourth-order valence-electron chi connectivity index (χ4n) is 2.73. The molecular weight excluding hydrogens is 358 g/mol. The van der Waals surface area contributed by atoms with Gasteiger partial charge >= 0.3 is 0 Å². The molecule has 0 bridgehead atoms. The summed E-state index contributed by atoms with van der Waals surface area (Å²) in [5.41, 5.74) is 5.85. The summed E-state index contributed by atoms with van der Waals surface area (Å²) in [6.45, 7) is 3.75. The lowest BCUT2D eigenvalue weighted by Crippen LogP contribution is -2.18. The molecule has 0 atom stereocenters. The van der Waals surface area contributed by atoms with E-state index in [1.54, 1.807) is 6.20 Å². The van der Waals surface area contributed by atoms with Crippen molar-refractivity contribution in [1.82, 2.24) is 20.2 Å². The molecule has 0 radical (unpaired) electrons. The molecule has 7 heteroatoms. The zero-order valence-electron chi connectivity index (χ0n) is 14.9. The lowest BCUT2D eigenvalue weighted by molar-refractivity contribution is 0.0959. The minimum Gasteiger partial charge on any atom is -0.266 e. The largest absolute Gasteiger partial charge is 0.281 e. The minimum atomic E-state index is -0.245. The second-order valence-electron chi connectivity index (χ2n) is 6.02. The molecular formula is C20H17N5OS. The van der Waals surface area contributed by atoms with Crippen LogP contribution in [0.25, 0.3) is 15.9 Å². The van der Waals surface area contributed by atoms with E-state index in [4.69, 9.17) is 0 Å². The van der Waals surface area contributed by atoms with Crippen LogP contribution in [0.1, 0.15) is 28.0 Å². The van der Waals surface area contributed by atoms with E-state index in [-0.39, 0.29) is 5.91 Å². The van der Waals surface area contributed by atoms with E-state index in [2.05, 4.69) is 20.6 Å². The van der Waals surface area contributed by atoms with Crippen LogP contribution in [0.4, 0.5) is 0 Å². The summed E-state index contributed by atoms with van der Waals surface area (Å²) >= 11 is 1.40. The maximum Gasteiger partial charge on any atom is 0.281 e. The average Bonchev–Trinajstić information content (AvgIpc) is 3.28. The minimum absolute atomic E-state index is 0.245. The Hall–Kier alpha value is -3.32. The molecule has 1 aromatic carbocycles. The van der Waals surface area contributed by atoms with Crippen molar-refractivity contribution in [3.63, 3.8) is 0 Å². The Morgan fingerprint density at radius 2 is 1.93 bits per heavy atom. The summed E-state index contributed by atoms with van der Waals surface area (Å²) in [4.78, 5) is 18.3. The zero-order valence-corrected chi connectivity index (χ0v) is 15.7. The number of carbonyl (C=O) groups excluding carboxylic acids is 1. The highest BCUT2D eigenvalue weighted by atomic mass is 32.1. The monoisotopic (exact) mass is 375 g/mol. The normalized spacial score (nSPS) is 11.7. The van der Waals surface area contributed by atoms with Gasteiger partial charge in [-0.25, -0.2) is 10.1 Å². The molecule has 0 spiro atoms. The highest BCUT2D eigenvalue weighted by molar-refractivity contribution is 7.20. The van der Waals surface area contributed by atoms with Crippen LogP contribution < -0.4 is 5.43 Å². The molecule has 0 aliphatic heterocycles. The van der Waals surface area contributed by atoms with Gasteiger partial charge in [0.25, 0.3) is 5.91 Å². The Kier molecular flexibility index (Phi) is 4.52. The van der Waals surface area contributed by atoms with Crippen LogP contribution in [-0.4, -0.2) is 26.4 Å². The molecule has 3 heterocycles. The van der Waals surface area contributed by atoms with Gasteiger partial charge < -0.3 is 0 Å². The van der Waals surface area contributed by atoms with E-state index in [0.717, 1.165) is 27.3 Å². The van der Waals surface area contributed by atoms with Crippen LogP contribution in [0.15, 0.2) is 65.9 Å². The van der Waals surface area contributed by atoms with E-state index >= 15 is 0 Å². The van der Waals surface area contributed by atoms with Gasteiger partial charge in [0.05, 0.1) is 27.7 Å². The summed E-state index contributed by atoms with van der Waals surface area (Å²) < 4.78 is 1.87. The number of rotatable bonds is 4. The molecule has 0 saturated heterocycles. The highest BCUT2D eigenvalue weighted by Crippen LogP contribution is 2.30. The molecule has 134 valence electrons. The summed E-state index contributed by atoms with van der Waals surface area (Å²) in [6.07, 6.45) is 1.69. The lowest BCUT2D eigenvalue weighted by atomic mass is 10.3. The number of aryl methyl sites for hydroxylation is 1. The molecule has 0 unspecified atom stereocenters. The van der Waals surface area contributed by atoms with Crippen molar-refractivity contribution < 1.29 is 4.79 Å². The average molecular weight is 375 g/mol. The number of amides is 1. The van der Waals surface area contributed by atoms with Crippen LogP contribution in [-0.2, 0) is 0 Å². The van der Waals surface area contributed by atoms with Crippen LogP contribution in [0.5, 0.6) is 0 Å². The fourth-order valence-corrected chi connectivity index (χ4v) is 3.80. The lowest BCUT2D eigenvalue weighted by Gasteiger charge is -2.02. The van der Waals surface area contributed by atoms with Crippen molar-refractivity contribution in [1.29, 1.82) is 0 Å². The number of para-hydroxylation sites is 1. The summed E-state index contributed by atoms with van der Waals surface area (Å²) in [7, 11) is 0. The van der Waals surface area contributed by atoms with Gasteiger partial charge in [-0.15, -0.1) is 11.3 Å². The number of pyridine rings is 1. The summed E-state index contributed by atoms with van der Waals surface area (Å²) in [6, 6.07) is 17.3. The standard InChI is InChI=1S/C20H17N5OS/c1-13-16-12-18(19(26)23-22-14(2)17-10-6-7-11-21-17)27-20(16)25(24-13)15-8-4-3-5-9-15/h3-12H,1-2H3,(H,23,26)/b22-14-. The fraction of sp³-hybridized carbons (Fsp3) is 0.100.